The van der Waals surface area contributed by atoms with Gasteiger partial charge in [-0.15, -0.1) is 0 Å². The third-order valence-electron chi connectivity index (χ3n) is 4.88. The first-order chi connectivity index (χ1) is 11.9. The highest BCUT2D eigenvalue weighted by Gasteiger charge is 2.70. The van der Waals surface area contributed by atoms with Crippen molar-refractivity contribution in [2.45, 2.75) is 16.1 Å². The average molecular weight is 445 g/mol. The van der Waals surface area contributed by atoms with Crippen molar-refractivity contribution >= 4 is 37.4 Å². The Balaban J connectivity index is 2.05. The largest absolute Gasteiger partial charge is 0.384 e. The lowest BCUT2D eigenvalue weighted by molar-refractivity contribution is 0.142. The number of hydrogen-bond donors (Lipinski definition) is 1. The lowest BCUT2D eigenvalue weighted by Gasteiger charge is -2.15. The molecule has 4 nitrogen and oxygen atoms in total. The van der Waals surface area contributed by atoms with E-state index in [1.165, 1.54) is 0 Å². The van der Waals surface area contributed by atoms with Crippen LogP contribution in [0, 0.1) is 5.41 Å². The first-order valence-electron chi connectivity index (χ1n) is 7.81. The summed E-state index contributed by atoms with van der Waals surface area (Å²) in [4.78, 5) is 0.260. The third-order valence-corrected chi connectivity index (χ3v) is 8.00. The van der Waals surface area contributed by atoms with Gasteiger partial charge >= 0.3 is 0 Å². The van der Waals surface area contributed by atoms with E-state index in [0.29, 0.717) is 11.6 Å². The van der Waals surface area contributed by atoms with Crippen LogP contribution in [0.15, 0.2) is 57.9 Å². The van der Waals surface area contributed by atoms with Crippen molar-refractivity contribution in [1.29, 1.82) is 0 Å². The number of methoxy groups -OCH3 is 1. The van der Waals surface area contributed by atoms with Gasteiger partial charge in [-0.1, -0.05) is 39.7 Å². The normalized spacial score (nSPS) is 25.8. The van der Waals surface area contributed by atoms with Crippen molar-refractivity contribution in [1.82, 2.24) is 0 Å². The molecule has 1 aliphatic carbocycles. The van der Waals surface area contributed by atoms with Gasteiger partial charge in [-0.05, 0) is 42.0 Å². The second-order valence-corrected chi connectivity index (χ2v) is 9.74. The number of sulfone groups is 1. The van der Waals surface area contributed by atoms with E-state index < -0.39 is 20.5 Å². The first-order valence-corrected chi connectivity index (χ1v) is 10.5. The number of hydrogen-bond acceptors (Lipinski definition) is 4. The molecular weight excluding hydrogens is 426 g/mol. The van der Waals surface area contributed by atoms with E-state index in [0.717, 1.165) is 10.0 Å². The summed E-state index contributed by atoms with van der Waals surface area (Å²) in [5, 5.41) is -0.117. The molecule has 0 bridgehead atoms. The molecule has 0 radical (unpaired) electrons. The maximum atomic E-state index is 13.2. The Morgan fingerprint density at radius 2 is 1.76 bits per heavy atom. The molecule has 0 aliphatic heterocycles. The van der Waals surface area contributed by atoms with Crippen LogP contribution in [0.5, 0.6) is 0 Å². The SMILES string of the molecule is COC[C@@]1(CN)[C@@H](c2ccc(Br)cc2)[C@@H]1S(=O)(=O)c1ccc(Cl)cc1. The summed E-state index contributed by atoms with van der Waals surface area (Å²) in [6.07, 6.45) is 0. The lowest BCUT2D eigenvalue weighted by Crippen LogP contribution is -2.28. The van der Waals surface area contributed by atoms with Crippen LogP contribution >= 0.6 is 27.5 Å². The van der Waals surface area contributed by atoms with Gasteiger partial charge in [0.15, 0.2) is 9.84 Å². The Morgan fingerprint density at radius 3 is 2.28 bits per heavy atom. The molecule has 2 aromatic rings. The quantitative estimate of drug-likeness (QED) is 0.738. The van der Waals surface area contributed by atoms with Gasteiger partial charge in [0.2, 0.25) is 0 Å². The van der Waals surface area contributed by atoms with Crippen LogP contribution in [0.4, 0.5) is 0 Å². The summed E-state index contributed by atoms with van der Waals surface area (Å²) in [7, 11) is -1.99. The second-order valence-electron chi connectivity index (χ2n) is 6.32. The molecule has 3 rings (SSSR count). The number of halogens is 2. The van der Waals surface area contributed by atoms with Crippen molar-refractivity contribution in [3.8, 4) is 0 Å². The molecule has 1 saturated carbocycles. The molecule has 0 spiro atoms. The zero-order chi connectivity index (χ0) is 18.2. The predicted molar refractivity (Wildman–Crippen MR) is 103 cm³/mol. The molecule has 7 heteroatoms. The molecule has 2 aromatic carbocycles. The molecule has 0 amide bonds. The van der Waals surface area contributed by atoms with Gasteiger partial charge in [-0.25, -0.2) is 8.42 Å². The fourth-order valence-electron chi connectivity index (χ4n) is 3.63. The molecule has 0 unspecified atom stereocenters. The summed E-state index contributed by atoms with van der Waals surface area (Å²) in [5.74, 6) is -0.203. The second kappa shape index (κ2) is 7.00. The Hall–Kier alpha value is -0.920. The molecule has 1 fully saturated rings. The molecule has 25 heavy (non-hydrogen) atoms. The van der Waals surface area contributed by atoms with E-state index in [-0.39, 0.29) is 17.4 Å². The molecular formula is C18H19BrClNO3S. The van der Waals surface area contributed by atoms with Gasteiger partial charge in [-0.2, -0.15) is 0 Å². The van der Waals surface area contributed by atoms with Gasteiger partial charge < -0.3 is 10.5 Å². The monoisotopic (exact) mass is 443 g/mol. The summed E-state index contributed by atoms with van der Waals surface area (Å²) >= 11 is 9.30. The summed E-state index contributed by atoms with van der Waals surface area (Å²) < 4.78 is 32.8. The van der Waals surface area contributed by atoms with Crippen LogP contribution in [0.2, 0.25) is 5.02 Å². The summed E-state index contributed by atoms with van der Waals surface area (Å²) in [5.41, 5.74) is 6.36. The molecule has 1 aliphatic rings. The average Bonchev–Trinajstić information content (AvgIpc) is 3.26. The van der Waals surface area contributed by atoms with Crippen LogP contribution in [0.3, 0.4) is 0 Å². The summed E-state index contributed by atoms with van der Waals surface area (Å²) in [6.45, 7) is 0.529. The van der Waals surface area contributed by atoms with Crippen molar-refractivity contribution in [3.05, 3.63) is 63.6 Å². The maximum absolute atomic E-state index is 13.2. The van der Waals surface area contributed by atoms with E-state index in [9.17, 15) is 8.42 Å². The summed E-state index contributed by atoms with van der Waals surface area (Å²) in [6, 6.07) is 14.0. The standard InChI is InChI=1S/C18H19BrClNO3S/c1-24-11-18(10-21)16(12-2-4-13(19)5-3-12)17(18)25(22,23)15-8-6-14(20)7-9-15/h2-9,16-17H,10-11,21H2,1H3/t16-,17-,18-/m0/s1. The topological polar surface area (TPSA) is 69.4 Å². The maximum Gasteiger partial charge on any atom is 0.182 e. The van der Waals surface area contributed by atoms with Crippen LogP contribution in [-0.4, -0.2) is 33.9 Å². The molecule has 0 aromatic heterocycles. The molecule has 0 heterocycles. The van der Waals surface area contributed by atoms with Crippen LogP contribution in [0.1, 0.15) is 11.5 Å². The highest BCUT2D eigenvalue weighted by atomic mass is 79.9. The predicted octanol–water partition coefficient (Wildman–Crippen LogP) is 3.63. The third kappa shape index (κ3) is 3.26. The van der Waals surface area contributed by atoms with Crippen LogP contribution in [-0.2, 0) is 14.6 Å². The van der Waals surface area contributed by atoms with E-state index in [4.69, 9.17) is 22.1 Å². The molecule has 134 valence electrons. The van der Waals surface area contributed by atoms with Crippen molar-refractivity contribution in [2.75, 3.05) is 20.3 Å². The van der Waals surface area contributed by atoms with Crippen molar-refractivity contribution in [3.63, 3.8) is 0 Å². The minimum absolute atomic E-state index is 0.203. The zero-order valence-electron chi connectivity index (χ0n) is 13.7. The number of nitrogens with two attached hydrogens (primary N) is 1. The fraction of sp³-hybridized carbons (Fsp3) is 0.333. The number of rotatable bonds is 6. The molecule has 2 N–H and O–H groups in total. The highest BCUT2D eigenvalue weighted by molar-refractivity contribution is 9.10. The van der Waals surface area contributed by atoms with E-state index >= 15 is 0 Å². The smallest absolute Gasteiger partial charge is 0.182 e. The van der Waals surface area contributed by atoms with Crippen molar-refractivity contribution in [2.24, 2.45) is 11.1 Å². The minimum Gasteiger partial charge on any atom is -0.384 e. The van der Waals surface area contributed by atoms with Crippen LogP contribution in [0.25, 0.3) is 0 Å². The minimum atomic E-state index is -3.56. The van der Waals surface area contributed by atoms with Crippen molar-refractivity contribution < 1.29 is 13.2 Å². The zero-order valence-corrected chi connectivity index (χ0v) is 16.8. The van der Waals surface area contributed by atoms with Gasteiger partial charge in [-0.3, -0.25) is 0 Å². The van der Waals surface area contributed by atoms with Gasteiger partial charge in [0.25, 0.3) is 0 Å². The number of benzene rings is 2. The van der Waals surface area contributed by atoms with Gasteiger partial charge in [0.05, 0.1) is 16.8 Å². The Bertz CT molecular complexity index is 855. The van der Waals surface area contributed by atoms with E-state index in [2.05, 4.69) is 15.9 Å². The Kier molecular flexibility index (Phi) is 5.28. The van der Waals surface area contributed by atoms with E-state index in [1.807, 2.05) is 24.3 Å². The van der Waals surface area contributed by atoms with Gasteiger partial charge in [0.1, 0.15) is 0 Å². The lowest BCUT2D eigenvalue weighted by atomic mass is 10.0. The van der Waals surface area contributed by atoms with Gasteiger partial charge in [0, 0.05) is 34.5 Å². The van der Waals surface area contributed by atoms with Crippen LogP contribution < -0.4 is 5.73 Å². The first kappa shape index (κ1) is 18.9. The number of ether oxygens (including phenoxy) is 1. The highest BCUT2D eigenvalue weighted by Crippen LogP contribution is 2.63. The Labute approximate surface area is 161 Å². The molecule has 3 atom stereocenters. The van der Waals surface area contributed by atoms with E-state index in [1.54, 1.807) is 31.4 Å². The Morgan fingerprint density at radius 1 is 1.16 bits per heavy atom. The molecule has 0 saturated heterocycles. The fourth-order valence-corrected chi connectivity index (χ4v) is 6.47.